The maximum atomic E-state index is 5.24. The van der Waals surface area contributed by atoms with Crippen LogP contribution >= 0.6 is 11.9 Å². The summed E-state index contributed by atoms with van der Waals surface area (Å²) in [6, 6.07) is 6.11. The van der Waals surface area contributed by atoms with Crippen LogP contribution < -0.4 is 9.46 Å². The molecule has 0 saturated heterocycles. The highest BCUT2D eigenvalue weighted by Crippen LogP contribution is 2.23. The normalized spacial score (nSPS) is 10.9. The minimum absolute atomic E-state index is 0.908. The van der Waals surface area contributed by atoms with Crippen molar-refractivity contribution in [2.45, 2.75) is 6.42 Å². The van der Waals surface area contributed by atoms with Gasteiger partial charge in [-0.1, -0.05) is 11.9 Å². The first-order valence-corrected chi connectivity index (χ1v) is 6.47. The summed E-state index contributed by atoms with van der Waals surface area (Å²) in [7, 11) is 1.70. The van der Waals surface area contributed by atoms with E-state index in [0.717, 1.165) is 18.7 Å². The summed E-state index contributed by atoms with van der Waals surface area (Å²) in [6.07, 6.45) is 5.14. The molecule has 0 aliphatic carbocycles. The van der Waals surface area contributed by atoms with Crippen molar-refractivity contribution < 1.29 is 4.74 Å². The summed E-state index contributed by atoms with van der Waals surface area (Å²) in [5.74, 6) is 0.908. The van der Waals surface area contributed by atoms with Gasteiger partial charge in [-0.15, -0.1) is 0 Å². The molecule has 1 aromatic carbocycles. The number of nitrogens with one attached hydrogen (secondary N) is 2. The fourth-order valence-electron chi connectivity index (χ4n) is 1.78. The van der Waals surface area contributed by atoms with Crippen LogP contribution in [0.1, 0.15) is 5.56 Å². The van der Waals surface area contributed by atoms with Gasteiger partial charge in [-0.3, -0.25) is 4.72 Å². The fourth-order valence-corrected chi connectivity index (χ4v) is 2.09. The number of H-pyrrole nitrogens is 1. The van der Waals surface area contributed by atoms with Crippen LogP contribution in [0.4, 0.5) is 0 Å². The molecule has 0 saturated carbocycles. The van der Waals surface area contributed by atoms with Gasteiger partial charge in [0.15, 0.2) is 0 Å². The van der Waals surface area contributed by atoms with Gasteiger partial charge in [-0.05, 0) is 36.4 Å². The van der Waals surface area contributed by atoms with Crippen LogP contribution in [-0.4, -0.2) is 24.9 Å². The van der Waals surface area contributed by atoms with Gasteiger partial charge < -0.3 is 9.72 Å². The molecule has 4 heteroatoms. The van der Waals surface area contributed by atoms with Crippen LogP contribution in [0.5, 0.6) is 5.75 Å². The number of ether oxygens (including phenoxy) is 1. The molecule has 3 nitrogen and oxygen atoms in total. The Balaban J connectivity index is 2.24. The van der Waals surface area contributed by atoms with E-state index in [4.69, 9.17) is 4.74 Å². The smallest absolute Gasteiger partial charge is 0.119 e. The fraction of sp³-hybridized carbons (Fsp3) is 0.333. The van der Waals surface area contributed by atoms with Crippen molar-refractivity contribution in [3.05, 3.63) is 30.0 Å². The average molecular weight is 236 g/mol. The van der Waals surface area contributed by atoms with Crippen LogP contribution in [0.15, 0.2) is 24.4 Å². The van der Waals surface area contributed by atoms with Crippen molar-refractivity contribution in [2.24, 2.45) is 0 Å². The molecule has 0 unspecified atom stereocenters. The summed E-state index contributed by atoms with van der Waals surface area (Å²) < 4.78 is 8.49. The summed E-state index contributed by atoms with van der Waals surface area (Å²) in [5, 5.41) is 1.25. The highest BCUT2D eigenvalue weighted by Gasteiger charge is 2.04. The van der Waals surface area contributed by atoms with E-state index in [1.807, 2.05) is 12.3 Å². The average Bonchev–Trinajstić information content (AvgIpc) is 2.72. The van der Waals surface area contributed by atoms with Crippen LogP contribution in [0.2, 0.25) is 0 Å². The lowest BCUT2D eigenvalue weighted by atomic mass is 10.1. The topological polar surface area (TPSA) is 37.0 Å². The Kier molecular flexibility index (Phi) is 3.74. The highest BCUT2D eigenvalue weighted by molar-refractivity contribution is 7.96. The van der Waals surface area contributed by atoms with Crippen molar-refractivity contribution in [1.82, 2.24) is 9.71 Å². The van der Waals surface area contributed by atoms with Crippen molar-refractivity contribution in [1.29, 1.82) is 0 Å². The molecular formula is C12H16N2OS. The summed E-state index contributed by atoms with van der Waals surface area (Å²) >= 11 is 1.65. The SMILES string of the molecule is COc1ccc2[nH]cc(CCNSC)c2c1. The van der Waals surface area contributed by atoms with E-state index in [2.05, 4.69) is 28.0 Å². The molecule has 0 spiro atoms. The number of rotatable bonds is 5. The predicted molar refractivity (Wildman–Crippen MR) is 70.1 cm³/mol. The molecule has 16 heavy (non-hydrogen) atoms. The molecule has 0 aliphatic rings. The van der Waals surface area contributed by atoms with Crippen LogP contribution in [0, 0.1) is 0 Å². The number of methoxy groups -OCH3 is 1. The van der Waals surface area contributed by atoms with Gasteiger partial charge in [0.2, 0.25) is 0 Å². The molecule has 0 amide bonds. The van der Waals surface area contributed by atoms with Gasteiger partial charge in [0.1, 0.15) is 5.75 Å². The van der Waals surface area contributed by atoms with Gasteiger partial charge in [0.05, 0.1) is 7.11 Å². The molecule has 0 aliphatic heterocycles. The van der Waals surface area contributed by atoms with E-state index in [-0.39, 0.29) is 0 Å². The highest BCUT2D eigenvalue weighted by atomic mass is 32.2. The molecule has 86 valence electrons. The molecule has 2 aromatic rings. The molecule has 2 N–H and O–H groups in total. The molecule has 0 bridgehead atoms. The Labute approximate surface area is 99.7 Å². The monoisotopic (exact) mass is 236 g/mol. The largest absolute Gasteiger partial charge is 0.497 e. The van der Waals surface area contributed by atoms with Gasteiger partial charge in [-0.2, -0.15) is 0 Å². The van der Waals surface area contributed by atoms with Crippen LogP contribution in [-0.2, 0) is 6.42 Å². The first-order valence-electron chi connectivity index (χ1n) is 5.25. The molecular weight excluding hydrogens is 220 g/mol. The molecule has 1 aromatic heterocycles. The van der Waals surface area contributed by atoms with Gasteiger partial charge in [-0.25, -0.2) is 0 Å². The maximum Gasteiger partial charge on any atom is 0.119 e. The van der Waals surface area contributed by atoms with E-state index < -0.39 is 0 Å². The number of fused-ring (bicyclic) bond motifs is 1. The van der Waals surface area contributed by atoms with E-state index in [0.29, 0.717) is 0 Å². The third-order valence-electron chi connectivity index (χ3n) is 2.62. The van der Waals surface area contributed by atoms with Crippen LogP contribution in [0.3, 0.4) is 0 Å². The molecule has 1 heterocycles. The van der Waals surface area contributed by atoms with Gasteiger partial charge in [0, 0.05) is 23.6 Å². The first-order chi connectivity index (χ1) is 7.85. The number of aromatic amines is 1. The van der Waals surface area contributed by atoms with E-state index in [9.17, 15) is 0 Å². The van der Waals surface area contributed by atoms with Crippen molar-refractivity contribution >= 4 is 22.9 Å². The van der Waals surface area contributed by atoms with Crippen molar-refractivity contribution in [2.75, 3.05) is 19.9 Å². The minimum Gasteiger partial charge on any atom is -0.497 e. The van der Waals surface area contributed by atoms with E-state index in [1.165, 1.54) is 16.5 Å². The van der Waals surface area contributed by atoms with E-state index >= 15 is 0 Å². The van der Waals surface area contributed by atoms with Crippen LogP contribution in [0.25, 0.3) is 10.9 Å². The van der Waals surface area contributed by atoms with Gasteiger partial charge >= 0.3 is 0 Å². The second-order valence-electron chi connectivity index (χ2n) is 3.57. The molecule has 2 rings (SSSR count). The van der Waals surface area contributed by atoms with E-state index in [1.54, 1.807) is 19.1 Å². The zero-order valence-corrected chi connectivity index (χ0v) is 10.4. The minimum atomic E-state index is 0.908. The lowest BCUT2D eigenvalue weighted by Crippen LogP contribution is -2.07. The quantitative estimate of drug-likeness (QED) is 0.619. The zero-order valence-electron chi connectivity index (χ0n) is 9.54. The summed E-state index contributed by atoms with van der Waals surface area (Å²) in [4.78, 5) is 3.28. The van der Waals surface area contributed by atoms with Crippen molar-refractivity contribution in [3.63, 3.8) is 0 Å². The molecule has 0 radical (unpaired) electrons. The third kappa shape index (κ3) is 2.33. The number of hydrogen-bond acceptors (Lipinski definition) is 3. The predicted octanol–water partition coefficient (Wildman–Crippen LogP) is 2.59. The molecule has 0 atom stereocenters. The Hall–Kier alpha value is -1.13. The lowest BCUT2D eigenvalue weighted by molar-refractivity contribution is 0.415. The Morgan fingerprint density at radius 2 is 2.31 bits per heavy atom. The number of hydrogen-bond donors (Lipinski definition) is 2. The summed E-state index contributed by atoms with van der Waals surface area (Å²) in [6.45, 7) is 0.978. The van der Waals surface area contributed by atoms with Crippen molar-refractivity contribution in [3.8, 4) is 5.75 Å². The second kappa shape index (κ2) is 5.27. The summed E-state index contributed by atoms with van der Waals surface area (Å²) in [5.41, 5.74) is 2.50. The lowest BCUT2D eigenvalue weighted by Gasteiger charge is -2.02. The number of benzene rings is 1. The zero-order chi connectivity index (χ0) is 11.4. The Bertz CT molecular complexity index is 467. The number of aromatic nitrogens is 1. The maximum absolute atomic E-state index is 5.24. The van der Waals surface area contributed by atoms with Gasteiger partial charge in [0.25, 0.3) is 0 Å². The Morgan fingerprint density at radius 3 is 3.06 bits per heavy atom. The third-order valence-corrected chi connectivity index (χ3v) is 3.11. The second-order valence-corrected chi connectivity index (χ2v) is 4.27. The standard InChI is InChI=1S/C12H16N2OS/c1-15-10-3-4-12-11(7-10)9(8-13-12)5-6-14-16-2/h3-4,7-8,13-14H,5-6H2,1-2H3. The molecule has 0 fully saturated rings. The first kappa shape index (κ1) is 11.4. The Morgan fingerprint density at radius 1 is 1.44 bits per heavy atom.